The second kappa shape index (κ2) is 4.21. The number of anilines is 2. The van der Waals surface area contributed by atoms with Gasteiger partial charge in [0.05, 0.1) is 5.69 Å². The van der Waals surface area contributed by atoms with Crippen LogP contribution >= 0.6 is 0 Å². The third-order valence-corrected chi connectivity index (χ3v) is 4.29. The van der Waals surface area contributed by atoms with Crippen LogP contribution in [0.15, 0.2) is 18.2 Å². The van der Waals surface area contributed by atoms with Crippen molar-refractivity contribution < 1.29 is 4.39 Å². The van der Waals surface area contributed by atoms with Gasteiger partial charge < -0.3 is 10.6 Å². The predicted octanol–water partition coefficient (Wildman–Crippen LogP) is 3.18. The topological polar surface area (TPSA) is 29.3 Å². The van der Waals surface area contributed by atoms with Gasteiger partial charge in [-0.05, 0) is 43.4 Å². The summed E-state index contributed by atoms with van der Waals surface area (Å²) in [5.41, 5.74) is 6.85. The van der Waals surface area contributed by atoms with Crippen molar-refractivity contribution in [2.24, 2.45) is 5.92 Å². The second-order valence-corrected chi connectivity index (χ2v) is 5.30. The zero-order valence-corrected chi connectivity index (χ0v) is 10.0. The summed E-state index contributed by atoms with van der Waals surface area (Å²) in [4.78, 5) is 2.26. The summed E-state index contributed by atoms with van der Waals surface area (Å²) < 4.78 is 13.9. The molecule has 1 heterocycles. The highest BCUT2D eigenvalue weighted by Crippen LogP contribution is 2.39. The first-order valence-electron chi connectivity index (χ1n) is 6.57. The Labute approximate surface area is 102 Å². The molecule has 3 rings (SSSR count). The molecule has 17 heavy (non-hydrogen) atoms. The van der Waals surface area contributed by atoms with Gasteiger partial charge in [-0.2, -0.15) is 0 Å². The summed E-state index contributed by atoms with van der Waals surface area (Å²) in [5, 5.41) is 0. The van der Waals surface area contributed by atoms with Gasteiger partial charge >= 0.3 is 0 Å². The summed E-state index contributed by atoms with van der Waals surface area (Å²) in [6.07, 6.45) is 6.38. The lowest BCUT2D eigenvalue weighted by molar-refractivity contribution is 0.341. The Morgan fingerprint density at radius 3 is 2.82 bits per heavy atom. The second-order valence-electron chi connectivity index (χ2n) is 5.30. The van der Waals surface area contributed by atoms with Gasteiger partial charge in [0.15, 0.2) is 0 Å². The number of nitrogens with two attached hydrogens (primary N) is 1. The number of halogens is 1. The molecule has 0 spiro atoms. The van der Waals surface area contributed by atoms with Crippen molar-refractivity contribution in [2.45, 2.75) is 38.1 Å². The molecular formula is C14H19FN2. The average Bonchev–Trinajstić information content (AvgIpc) is 2.73. The summed E-state index contributed by atoms with van der Waals surface area (Å²) in [6, 6.07) is 5.63. The molecule has 1 aliphatic heterocycles. The van der Waals surface area contributed by atoms with Crippen LogP contribution < -0.4 is 10.6 Å². The van der Waals surface area contributed by atoms with Gasteiger partial charge in [-0.3, -0.25) is 0 Å². The minimum atomic E-state index is -0.170. The highest BCUT2D eigenvalue weighted by atomic mass is 19.1. The van der Waals surface area contributed by atoms with E-state index in [2.05, 4.69) is 4.90 Å². The third kappa shape index (κ3) is 1.88. The normalized spacial score (nSPS) is 28.2. The lowest BCUT2D eigenvalue weighted by Crippen LogP contribution is -2.35. The highest BCUT2D eigenvalue weighted by molar-refractivity contribution is 5.56. The molecule has 1 aliphatic carbocycles. The van der Waals surface area contributed by atoms with Gasteiger partial charge in [0.1, 0.15) is 5.82 Å². The minimum Gasteiger partial charge on any atom is -0.399 e. The minimum absolute atomic E-state index is 0.170. The lowest BCUT2D eigenvalue weighted by atomic mass is 9.85. The van der Waals surface area contributed by atoms with Crippen molar-refractivity contribution in [1.82, 2.24) is 0 Å². The zero-order valence-electron chi connectivity index (χ0n) is 10.0. The first-order chi connectivity index (χ1) is 8.25. The molecule has 1 saturated heterocycles. The Morgan fingerprint density at radius 1 is 1.18 bits per heavy atom. The molecule has 0 bridgehead atoms. The Balaban J connectivity index is 1.88. The highest BCUT2D eigenvalue weighted by Gasteiger charge is 2.36. The van der Waals surface area contributed by atoms with Crippen LogP contribution in [0.5, 0.6) is 0 Å². The maximum absolute atomic E-state index is 13.9. The summed E-state index contributed by atoms with van der Waals surface area (Å²) in [5.74, 6) is 0.608. The van der Waals surface area contributed by atoms with E-state index in [1.165, 1.54) is 38.2 Å². The standard InChI is InChI=1S/C14H19FN2/c15-12-9-11(16)5-6-14(12)17-8-7-10-3-1-2-4-13(10)17/h5-6,9-10,13H,1-4,7-8,16H2. The van der Waals surface area contributed by atoms with Crippen molar-refractivity contribution in [3.8, 4) is 0 Å². The molecule has 2 unspecified atom stereocenters. The summed E-state index contributed by atoms with van der Waals surface area (Å²) >= 11 is 0. The number of hydrogen-bond donors (Lipinski definition) is 1. The summed E-state index contributed by atoms with van der Waals surface area (Å²) in [6.45, 7) is 0.996. The third-order valence-electron chi connectivity index (χ3n) is 4.29. The molecule has 1 saturated carbocycles. The van der Waals surface area contributed by atoms with Crippen molar-refractivity contribution in [2.75, 3.05) is 17.2 Å². The SMILES string of the molecule is Nc1ccc(N2CCC3CCCCC32)c(F)c1. The smallest absolute Gasteiger partial charge is 0.148 e. The van der Waals surface area contributed by atoms with Crippen LogP contribution in [-0.4, -0.2) is 12.6 Å². The van der Waals surface area contributed by atoms with E-state index in [0.29, 0.717) is 11.7 Å². The van der Waals surface area contributed by atoms with Crippen LogP contribution in [0.3, 0.4) is 0 Å². The maximum Gasteiger partial charge on any atom is 0.148 e. The van der Waals surface area contributed by atoms with Crippen LogP contribution in [0.2, 0.25) is 0 Å². The van der Waals surface area contributed by atoms with Crippen molar-refractivity contribution in [1.29, 1.82) is 0 Å². The number of hydrogen-bond acceptors (Lipinski definition) is 2. The Bertz CT molecular complexity index is 419. The van der Waals surface area contributed by atoms with Crippen LogP contribution in [0, 0.1) is 11.7 Å². The molecule has 2 nitrogen and oxygen atoms in total. The molecular weight excluding hydrogens is 215 g/mol. The van der Waals surface area contributed by atoms with E-state index in [1.807, 2.05) is 6.07 Å². The van der Waals surface area contributed by atoms with E-state index < -0.39 is 0 Å². The van der Waals surface area contributed by atoms with E-state index in [1.54, 1.807) is 6.07 Å². The summed E-state index contributed by atoms with van der Waals surface area (Å²) in [7, 11) is 0. The molecule has 2 N–H and O–H groups in total. The fourth-order valence-corrected chi connectivity index (χ4v) is 3.46. The number of nitrogens with zero attached hydrogens (tertiary/aromatic N) is 1. The molecule has 0 aromatic heterocycles. The van der Waals surface area contributed by atoms with Gasteiger partial charge in [-0.1, -0.05) is 12.8 Å². The molecule has 2 fully saturated rings. The quantitative estimate of drug-likeness (QED) is 0.756. The van der Waals surface area contributed by atoms with Crippen molar-refractivity contribution in [3.05, 3.63) is 24.0 Å². The lowest BCUT2D eigenvalue weighted by Gasteiger charge is -2.33. The van der Waals surface area contributed by atoms with Gasteiger partial charge in [-0.15, -0.1) is 0 Å². The number of rotatable bonds is 1. The molecule has 0 radical (unpaired) electrons. The Hall–Kier alpha value is -1.25. The molecule has 1 aromatic carbocycles. The maximum atomic E-state index is 13.9. The fourth-order valence-electron chi connectivity index (χ4n) is 3.46. The Kier molecular flexibility index (Phi) is 2.69. The van der Waals surface area contributed by atoms with Gasteiger partial charge in [-0.25, -0.2) is 4.39 Å². The van der Waals surface area contributed by atoms with Crippen molar-refractivity contribution >= 4 is 11.4 Å². The molecule has 2 atom stereocenters. The van der Waals surface area contributed by atoms with E-state index in [0.717, 1.165) is 18.2 Å². The van der Waals surface area contributed by atoms with E-state index in [4.69, 9.17) is 5.73 Å². The average molecular weight is 234 g/mol. The zero-order chi connectivity index (χ0) is 11.8. The fraction of sp³-hybridized carbons (Fsp3) is 0.571. The van der Waals surface area contributed by atoms with E-state index in [-0.39, 0.29) is 5.82 Å². The van der Waals surface area contributed by atoms with E-state index >= 15 is 0 Å². The van der Waals surface area contributed by atoms with E-state index in [9.17, 15) is 4.39 Å². The number of nitrogen functional groups attached to an aromatic ring is 1. The molecule has 1 aromatic rings. The van der Waals surface area contributed by atoms with Crippen LogP contribution in [0.25, 0.3) is 0 Å². The van der Waals surface area contributed by atoms with Gasteiger partial charge in [0, 0.05) is 18.3 Å². The predicted molar refractivity (Wildman–Crippen MR) is 68.5 cm³/mol. The first kappa shape index (κ1) is 10.9. The van der Waals surface area contributed by atoms with Crippen LogP contribution in [0.1, 0.15) is 32.1 Å². The molecule has 0 amide bonds. The monoisotopic (exact) mass is 234 g/mol. The van der Waals surface area contributed by atoms with Crippen molar-refractivity contribution in [3.63, 3.8) is 0 Å². The molecule has 2 aliphatic rings. The number of fused-ring (bicyclic) bond motifs is 1. The largest absolute Gasteiger partial charge is 0.399 e. The van der Waals surface area contributed by atoms with Gasteiger partial charge in [0.25, 0.3) is 0 Å². The van der Waals surface area contributed by atoms with Crippen LogP contribution in [0.4, 0.5) is 15.8 Å². The Morgan fingerprint density at radius 2 is 2.00 bits per heavy atom. The number of benzene rings is 1. The van der Waals surface area contributed by atoms with Crippen LogP contribution in [-0.2, 0) is 0 Å². The van der Waals surface area contributed by atoms with Gasteiger partial charge in [0.2, 0.25) is 0 Å². The molecule has 3 heteroatoms. The first-order valence-corrected chi connectivity index (χ1v) is 6.57. The molecule has 92 valence electrons.